The number of carbonyl (C=O) groups is 2. The zero-order valence-corrected chi connectivity index (χ0v) is 17.1. The van der Waals surface area contributed by atoms with E-state index in [2.05, 4.69) is 0 Å². The van der Waals surface area contributed by atoms with Crippen molar-refractivity contribution in [2.24, 2.45) is 5.92 Å². The Balaban J connectivity index is 1.59. The van der Waals surface area contributed by atoms with Gasteiger partial charge >= 0.3 is 5.97 Å². The standard InChI is InChI=1S/C23H23FN2O5/c1-2-30-23(29)15-10-25-11-18-14-8-16(24)17(9-14)26(18)22(28)19(25)21(20(15)27)31-12-13-6-4-3-5-7-13/h3-7,10,14,16-18H,2,8-9,11-12H2,1H3/t14-,16-,17-,18-/m1/s1. The summed E-state index contributed by atoms with van der Waals surface area (Å²) in [4.78, 5) is 40.6. The maximum absolute atomic E-state index is 14.4. The lowest BCUT2D eigenvalue weighted by atomic mass is 9.95. The summed E-state index contributed by atoms with van der Waals surface area (Å²) in [6.45, 7) is 2.23. The van der Waals surface area contributed by atoms with Gasteiger partial charge in [-0.1, -0.05) is 30.3 Å². The lowest BCUT2D eigenvalue weighted by Crippen LogP contribution is -2.55. The van der Waals surface area contributed by atoms with E-state index >= 15 is 0 Å². The van der Waals surface area contributed by atoms with E-state index in [9.17, 15) is 18.8 Å². The molecule has 8 heteroatoms. The molecule has 3 heterocycles. The summed E-state index contributed by atoms with van der Waals surface area (Å²) in [7, 11) is 0. The lowest BCUT2D eigenvalue weighted by molar-refractivity contribution is 0.0310. The highest BCUT2D eigenvalue weighted by Crippen LogP contribution is 2.47. The normalized spacial score (nSPS) is 25.9. The average molecular weight is 426 g/mol. The molecule has 31 heavy (non-hydrogen) atoms. The fourth-order valence-corrected chi connectivity index (χ4v) is 5.16. The van der Waals surface area contributed by atoms with E-state index < -0.39 is 29.5 Å². The molecule has 4 atom stereocenters. The predicted octanol–water partition coefficient (Wildman–Crippen LogP) is 2.56. The molecule has 1 aromatic heterocycles. The minimum Gasteiger partial charge on any atom is -0.483 e. The summed E-state index contributed by atoms with van der Waals surface area (Å²) in [5.74, 6) is -1.27. The van der Waals surface area contributed by atoms with Crippen LogP contribution in [0.25, 0.3) is 0 Å². The summed E-state index contributed by atoms with van der Waals surface area (Å²) < 4.78 is 26.9. The van der Waals surface area contributed by atoms with Gasteiger partial charge < -0.3 is 18.9 Å². The van der Waals surface area contributed by atoms with Gasteiger partial charge in [-0.25, -0.2) is 9.18 Å². The van der Waals surface area contributed by atoms with E-state index in [4.69, 9.17) is 9.47 Å². The van der Waals surface area contributed by atoms with E-state index in [1.165, 1.54) is 6.20 Å². The Hall–Kier alpha value is -3.16. The van der Waals surface area contributed by atoms with Gasteiger partial charge in [0.15, 0.2) is 11.4 Å². The van der Waals surface area contributed by atoms with Gasteiger partial charge in [-0.05, 0) is 31.2 Å². The van der Waals surface area contributed by atoms with E-state index in [0.717, 1.165) is 5.56 Å². The molecule has 0 radical (unpaired) electrons. The lowest BCUT2D eigenvalue weighted by Gasteiger charge is -2.41. The second-order valence-corrected chi connectivity index (χ2v) is 8.29. The number of pyridine rings is 1. The molecule has 2 fully saturated rings. The van der Waals surface area contributed by atoms with Crippen molar-refractivity contribution in [1.82, 2.24) is 9.47 Å². The number of rotatable bonds is 5. The van der Waals surface area contributed by atoms with Gasteiger partial charge in [0, 0.05) is 12.7 Å². The number of hydrogen-bond acceptors (Lipinski definition) is 5. The van der Waals surface area contributed by atoms with Crippen LogP contribution < -0.4 is 10.2 Å². The third-order valence-electron chi connectivity index (χ3n) is 6.53. The fourth-order valence-electron chi connectivity index (χ4n) is 5.16. The van der Waals surface area contributed by atoms with E-state index in [1.54, 1.807) is 16.4 Å². The molecule has 5 rings (SSSR count). The Morgan fingerprint density at radius 3 is 2.68 bits per heavy atom. The third kappa shape index (κ3) is 3.12. The maximum Gasteiger partial charge on any atom is 0.343 e. The molecule has 2 aromatic rings. The molecule has 0 spiro atoms. The van der Waals surface area contributed by atoms with Crippen LogP contribution in [-0.2, 0) is 17.9 Å². The number of halogens is 1. The van der Waals surface area contributed by atoms with Gasteiger partial charge in [0.25, 0.3) is 5.91 Å². The Kier molecular flexibility index (Phi) is 4.79. The molecule has 1 aromatic carbocycles. The number of fused-ring (bicyclic) bond motifs is 6. The average Bonchev–Trinajstić information content (AvgIpc) is 3.31. The quantitative estimate of drug-likeness (QED) is 0.687. The van der Waals surface area contributed by atoms with Crippen molar-refractivity contribution in [2.75, 3.05) is 6.61 Å². The topological polar surface area (TPSA) is 77.8 Å². The highest BCUT2D eigenvalue weighted by molar-refractivity contribution is 5.98. The van der Waals surface area contributed by atoms with Crippen molar-refractivity contribution in [2.45, 2.75) is 51.2 Å². The van der Waals surface area contributed by atoms with Crippen molar-refractivity contribution >= 4 is 11.9 Å². The highest BCUT2D eigenvalue weighted by Gasteiger charge is 2.56. The monoisotopic (exact) mass is 426 g/mol. The molecule has 1 amide bonds. The Morgan fingerprint density at radius 1 is 1.16 bits per heavy atom. The van der Waals surface area contributed by atoms with Crippen LogP contribution in [0.2, 0.25) is 0 Å². The second-order valence-electron chi connectivity index (χ2n) is 8.29. The fraction of sp³-hybridized carbons (Fsp3) is 0.435. The van der Waals surface area contributed by atoms with Crippen LogP contribution in [0.4, 0.5) is 4.39 Å². The first-order valence-electron chi connectivity index (χ1n) is 10.6. The molecule has 0 N–H and O–H groups in total. The number of piperidine rings is 1. The molecule has 1 saturated carbocycles. The number of benzene rings is 1. The second kappa shape index (κ2) is 7.51. The van der Waals surface area contributed by atoms with Gasteiger partial charge in [-0.3, -0.25) is 9.59 Å². The first-order valence-corrected chi connectivity index (χ1v) is 10.6. The Morgan fingerprint density at radius 2 is 1.94 bits per heavy atom. The molecular formula is C23H23FN2O5. The van der Waals surface area contributed by atoms with Crippen molar-refractivity contribution < 1.29 is 23.5 Å². The van der Waals surface area contributed by atoms with Gasteiger partial charge in [0.2, 0.25) is 5.43 Å². The predicted molar refractivity (Wildman–Crippen MR) is 109 cm³/mol. The third-order valence-corrected chi connectivity index (χ3v) is 6.53. The van der Waals surface area contributed by atoms with Gasteiger partial charge in [0.05, 0.1) is 18.7 Å². The Labute approximate surface area is 178 Å². The number of carbonyl (C=O) groups excluding carboxylic acids is 2. The first kappa shape index (κ1) is 19.8. The number of aromatic nitrogens is 1. The van der Waals surface area contributed by atoms with Crippen molar-refractivity contribution in [3.05, 3.63) is 63.6 Å². The molecule has 7 nitrogen and oxygen atoms in total. The highest BCUT2D eigenvalue weighted by atomic mass is 19.1. The summed E-state index contributed by atoms with van der Waals surface area (Å²) in [5.41, 5.74) is 0.0346. The minimum absolute atomic E-state index is 0.0594. The molecule has 3 aliphatic rings. The van der Waals surface area contributed by atoms with Gasteiger partial charge in [-0.2, -0.15) is 0 Å². The van der Waals surface area contributed by atoms with Crippen LogP contribution in [0.1, 0.15) is 46.2 Å². The molecule has 0 unspecified atom stereocenters. The smallest absolute Gasteiger partial charge is 0.343 e. The molecular weight excluding hydrogens is 403 g/mol. The van der Waals surface area contributed by atoms with Gasteiger partial charge in [0.1, 0.15) is 18.3 Å². The molecule has 162 valence electrons. The van der Waals surface area contributed by atoms with Crippen LogP contribution >= 0.6 is 0 Å². The number of ether oxygens (including phenoxy) is 2. The zero-order chi connectivity index (χ0) is 21.7. The van der Waals surface area contributed by atoms with E-state index in [-0.39, 0.29) is 42.2 Å². The van der Waals surface area contributed by atoms with E-state index in [0.29, 0.717) is 19.4 Å². The number of esters is 1. The maximum atomic E-state index is 14.4. The van der Waals surface area contributed by atoms with E-state index in [1.807, 2.05) is 30.3 Å². The summed E-state index contributed by atoms with van der Waals surface area (Å²) >= 11 is 0. The summed E-state index contributed by atoms with van der Waals surface area (Å²) in [6, 6.07) is 8.62. The first-order chi connectivity index (χ1) is 15.0. The zero-order valence-electron chi connectivity index (χ0n) is 17.1. The molecule has 1 aliphatic carbocycles. The number of amides is 1. The SMILES string of the molecule is CCOC(=O)c1cn2c(c(OCc3ccccc3)c1=O)C(=O)N1[C@H](C2)[C@@H]2C[C@@H](F)[C@H]1C2. The van der Waals surface area contributed by atoms with Gasteiger partial charge in [-0.15, -0.1) is 0 Å². The number of nitrogens with zero attached hydrogens (tertiary/aromatic N) is 2. The number of alkyl halides is 1. The van der Waals surface area contributed by atoms with Crippen LogP contribution in [0.5, 0.6) is 5.75 Å². The van der Waals surface area contributed by atoms with Crippen LogP contribution in [0, 0.1) is 5.92 Å². The Bertz CT molecular complexity index is 1100. The largest absolute Gasteiger partial charge is 0.483 e. The van der Waals surface area contributed by atoms with Crippen molar-refractivity contribution in [1.29, 1.82) is 0 Å². The van der Waals surface area contributed by atoms with Crippen LogP contribution in [-0.4, -0.2) is 46.2 Å². The summed E-state index contributed by atoms with van der Waals surface area (Å²) in [5, 5.41) is 0. The van der Waals surface area contributed by atoms with Crippen LogP contribution in [0.3, 0.4) is 0 Å². The number of hydrogen-bond donors (Lipinski definition) is 0. The molecule has 2 bridgehead atoms. The molecule has 1 saturated heterocycles. The van der Waals surface area contributed by atoms with Crippen molar-refractivity contribution in [3.63, 3.8) is 0 Å². The summed E-state index contributed by atoms with van der Waals surface area (Å²) in [6.07, 6.45) is 1.41. The molecule has 2 aliphatic heterocycles. The van der Waals surface area contributed by atoms with Crippen molar-refractivity contribution in [3.8, 4) is 5.75 Å². The van der Waals surface area contributed by atoms with Crippen LogP contribution in [0.15, 0.2) is 41.3 Å². The minimum atomic E-state index is -1.05.